The minimum atomic E-state index is -1.05. The molecule has 0 radical (unpaired) electrons. The fourth-order valence-corrected chi connectivity index (χ4v) is 6.19. The van der Waals surface area contributed by atoms with E-state index in [1.54, 1.807) is 12.1 Å². The molecule has 8 heteroatoms. The largest absolute Gasteiger partial charge is 0.395 e. The predicted octanol–water partition coefficient (Wildman–Crippen LogP) is 2.08. The zero-order valence-electron chi connectivity index (χ0n) is 19.5. The highest BCUT2D eigenvalue weighted by Gasteiger charge is 2.78. The summed E-state index contributed by atoms with van der Waals surface area (Å²) in [5, 5.41) is 15.6. The van der Waals surface area contributed by atoms with Crippen LogP contribution in [0.4, 0.5) is 5.69 Å². The average Bonchev–Trinajstić information content (AvgIpc) is 3.41. The summed E-state index contributed by atoms with van der Waals surface area (Å²) >= 11 is 0. The number of hydrogen-bond acceptors (Lipinski definition) is 5. The van der Waals surface area contributed by atoms with Crippen LogP contribution in [0, 0.1) is 11.8 Å². The number of anilines is 1. The van der Waals surface area contributed by atoms with Gasteiger partial charge in [0.2, 0.25) is 17.7 Å². The summed E-state index contributed by atoms with van der Waals surface area (Å²) in [6, 6.07) is 8.32. The lowest BCUT2D eigenvalue weighted by Gasteiger charge is -2.33. The molecule has 0 saturated carbocycles. The number of para-hydroxylation sites is 1. The molecule has 0 aliphatic carbocycles. The van der Waals surface area contributed by atoms with Crippen LogP contribution in [0.25, 0.3) is 0 Å². The first-order valence-electron chi connectivity index (χ1n) is 12.2. The number of benzene rings is 1. The van der Waals surface area contributed by atoms with E-state index < -0.39 is 29.1 Å². The molecule has 1 aromatic carbocycles. The Morgan fingerprint density at radius 1 is 1.15 bits per heavy atom. The SMILES string of the molecule is CCCCCNC(=O)C1N(CCO)C(=O)[C@@H]2[C@H](C(=O)Nc3ccccc3)[C@]3(CC)CCC12O3. The Balaban J connectivity index is 1.65. The molecule has 3 heterocycles. The van der Waals surface area contributed by atoms with Crippen molar-refractivity contribution in [3.8, 4) is 0 Å². The van der Waals surface area contributed by atoms with Crippen LogP contribution >= 0.6 is 0 Å². The lowest BCUT2D eigenvalue weighted by molar-refractivity contribution is -0.146. The minimum absolute atomic E-state index is 0.0413. The molecule has 5 atom stereocenters. The molecule has 3 saturated heterocycles. The van der Waals surface area contributed by atoms with Crippen molar-refractivity contribution >= 4 is 23.4 Å². The zero-order chi connectivity index (χ0) is 23.6. The van der Waals surface area contributed by atoms with Crippen LogP contribution < -0.4 is 10.6 Å². The fraction of sp³-hybridized carbons (Fsp3) is 0.640. The summed E-state index contributed by atoms with van der Waals surface area (Å²) in [7, 11) is 0. The number of rotatable bonds is 10. The van der Waals surface area contributed by atoms with Gasteiger partial charge in [-0.3, -0.25) is 14.4 Å². The highest BCUT2D eigenvalue weighted by Crippen LogP contribution is 2.64. The summed E-state index contributed by atoms with van der Waals surface area (Å²) in [4.78, 5) is 42.0. The van der Waals surface area contributed by atoms with Crippen molar-refractivity contribution in [1.82, 2.24) is 10.2 Å². The number of carbonyl (C=O) groups is 3. The number of nitrogens with one attached hydrogen (secondary N) is 2. The van der Waals surface area contributed by atoms with Crippen molar-refractivity contribution in [2.24, 2.45) is 11.8 Å². The summed E-state index contributed by atoms with van der Waals surface area (Å²) in [6.07, 6.45) is 4.65. The van der Waals surface area contributed by atoms with E-state index in [2.05, 4.69) is 17.6 Å². The van der Waals surface area contributed by atoms with Gasteiger partial charge >= 0.3 is 0 Å². The lowest BCUT2D eigenvalue weighted by Crippen LogP contribution is -2.55. The summed E-state index contributed by atoms with van der Waals surface area (Å²) in [6.45, 7) is 4.38. The average molecular weight is 458 g/mol. The van der Waals surface area contributed by atoms with Gasteiger partial charge in [-0.05, 0) is 37.8 Å². The van der Waals surface area contributed by atoms with Gasteiger partial charge in [-0.1, -0.05) is 44.9 Å². The standard InChI is InChI=1S/C25H35N3O5/c1-3-5-9-14-26-22(31)20-25-13-12-24(4-2,33-25)18(19(25)23(32)28(20)15-16-29)21(30)27-17-10-7-6-8-11-17/h6-8,10-11,18-20,29H,3-5,9,12-16H2,1-2H3,(H,26,31)(H,27,30)/t18-,19+,20?,24+,25?/m1/s1. The molecule has 3 aliphatic heterocycles. The number of carbonyl (C=O) groups excluding carboxylic acids is 3. The van der Waals surface area contributed by atoms with Crippen LogP contribution in [-0.2, 0) is 19.1 Å². The molecule has 8 nitrogen and oxygen atoms in total. The molecule has 1 spiro atoms. The van der Waals surface area contributed by atoms with E-state index in [4.69, 9.17) is 4.74 Å². The maximum atomic E-state index is 13.7. The molecule has 33 heavy (non-hydrogen) atoms. The highest BCUT2D eigenvalue weighted by molar-refractivity contribution is 6.02. The second-order valence-electron chi connectivity index (χ2n) is 9.44. The van der Waals surface area contributed by atoms with Crippen LogP contribution in [-0.4, -0.2) is 64.7 Å². The quantitative estimate of drug-likeness (QED) is 0.466. The Labute approximate surface area is 195 Å². The van der Waals surface area contributed by atoms with Crippen LogP contribution in [0.1, 0.15) is 52.4 Å². The van der Waals surface area contributed by atoms with Gasteiger partial charge in [0.25, 0.3) is 0 Å². The summed E-state index contributed by atoms with van der Waals surface area (Å²) in [5.41, 5.74) is -1.16. The van der Waals surface area contributed by atoms with E-state index in [-0.39, 0.29) is 30.9 Å². The molecule has 3 fully saturated rings. The van der Waals surface area contributed by atoms with Gasteiger partial charge in [0.1, 0.15) is 11.6 Å². The van der Waals surface area contributed by atoms with Crippen molar-refractivity contribution in [1.29, 1.82) is 0 Å². The number of amides is 3. The Hall–Kier alpha value is -2.45. The maximum Gasteiger partial charge on any atom is 0.245 e. The second-order valence-corrected chi connectivity index (χ2v) is 9.44. The molecule has 3 amide bonds. The normalized spacial score (nSPS) is 32.2. The zero-order valence-corrected chi connectivity index (χ0v) is 19.5. The van der Waals surface area contributed by atoms with Gasteiger partial charge in [-0.2, -0.15) is 0 Å². The van der Waals surface area contributed by atoms with E-state index in [0.717, 1.165) is 19.3 Å². The van der Waals surface area contributed by atoms with Crippen molar-refractivity contribution in [3.05, 3.63) is 30.3 Å². The van der Waals surface area contributed by atoms with Gasteiger partial charge in [0.15, 0.2) is 0 Å². The smallest absolute Gasteiger partial charge is 0.245 e. The minimum Gasteiger partial charge on any atom is -0.395 e. The third kappa shape index (κ3) is 3.83. The molecule has 2 bridgehead atoms. The predicted molar refractivity (Wildman–Crippen MR) is 123 cm³/mol. The Kier molecular flexibility index (Phi) is 6.77. The number of aliphatic hydroxyl groups excluding tert-OH is 1. The Bertz CT molecular complexity index is 893. The molecule has 4 rings (SSSR count). The Morgan fingerprint density at radius 3 is 2.58 bits per heavy atom. The number of fused-ring (bicyclic) bond motifs is 1. The van der Waals surface area contributed by atoms with Gasteiger partial charge in [-0.25, -0.2) is 0 Å². The number of β-amino-alcohol motifs (C(OH)–C–C–N with tert-alkyl or cyclic N) is 1. The number of aliphatic hydroxyl groups is 1. The molecular formula is C25H35N3O5. The first kappa shape index (κ1) is 23.7. The number of nitrogens with zero attached hydrogens (tertiary/aromatic N) is 1. The second kappa shape index (κ2) is 9.43. The van der Waals surface area contributed by atoms with Crippen molar-refractivity contribution in [2.75, 3.05) is 25.0 Å². The number of ether oxygens (including phenoxy) is 1. The molecule has 2 unspecified atom stereocenters. The van der Waals surface area contributed by atoms with Crippen LogP contribution in [0.15, 0.2) is 30.3 Å². The first-order valence-corrected chi connectivity index (χ1v) is 12.2. The first-order chi connectivity index (χ1) is 15.9. The molecule has 1 aromatic rings. The van der Waals surface area contributed by atoms with Crippen molar-refractivity contribution in [3.63, 3.8) is 0 Å². The molecule has 3 N–H and O–H groups in total. The third-order valence-corrected chi connectivity index (χ3v) is 7.67. The lowest BCUT2D eigenvalue weighted by atomic mass is 9.65. The fourth-order valence-electron chi connectivity index (χ4n) is 6.19. The number of hydrogen-bond donors (Lipinski definition) is 3. The van der Waals surface area contributed by atoms with Gasteiger partial charge in [0.05, 0.1) is 24.0 Å². The van der Waals surface area contributed by atoms with Gasteiger partial charge in [0, 0.05) is 18.8 Å². The van der Waals surface area contributed by atoms with Crippen LogP contribution in [0.3, 0.4) is 0 Å². The Morgan fingerprint density at radius 2 is 1.91 bits per heavy atom. The number of likely N-dealkylation sites (tertiary alicyclic amines) is 1. The van der Waals surface area contributed by atoms with Gasteiger partial charge in [-0.15, -0.1) is 0 Å². The van der Waals surface area contributed by atoms with E-state index in [1.165, 1.54) is 4.90 Å². The molecule has 180 valence electrons. The third-order valence-electron chi connectivity index (χ3n) is 7.67. The van der Waals surface area contributed by atoms with E-state index in [9.17, 15) is 19.5 Å². The van der Waals surface area contributed by atoms with E-state index in [1.807, 2.05) is 25.1 Å². The highest BCUT2D eigenvalue weighted by atomic mass is 16.5. The maximum absolute atomic E-state index is 13.7. The molecule has 0 aromatic heterocycles. The van der Waals surface area contributed by atoms with Crippen molar-refractivity contribution < 1.29 is 24.2 Å². The number of unbranched alkanes of at least 4 members (excludes halogenated alkanes) is 2. The van der Waals surface area contributed by atoms with Crippen LogP contribution in [0.5, 0.6) is 0 Å². The molecule has 3 aliphatic rings. The van der Waals surface area contributed by atoms with Gasteiger partial charge < -0.3 is 25.4 Å². The molecular weight excluding hydrogens is 422 g/mol. The topological polar surface area (TPSA) is 108 Å². The monoisotopic (exact) mass is 457 g/mol. The van der Waals surface area contributed by atoms with Crippen molar-refractivity contribution in [2.45, 2.75) is 69.6 Å². The van der Waals surface area contributed by atoms with E-state index in [0.29, 0.717) is 31.5 Å². The van der Waals surface area contributed by atoms with Crippen LogP contribution in [0.2, 0.25) is 0 Å². The summed E-state index contributed by atoms with van der Waals surface area (Å²) in [5.74, 6) is -2.22. The summed E-state index contributed by atoms with van der Waals surface area (Å²) < 4.78 is 6.63. The van der Waals surface area contributed by atoms with E-state index >= 15 is 0 Å².